The van der Waals surface area contributed by atoms with Crippen LogP contribution in [0.1, 0.15) is 10.7 Å². The lowest BCUT2D eigenvalue weighted by Gasteiger charge is -2.09. The molecule has 6 nitrogen and oxygen atoms in total. The highest BCUT2D eigenvalue weighted by molar-refractivity contribution is 7.09. The Hall–Kier alpha value is -2.54. The van der Waals surface area contributed by atoms with Crippen molar-refractivity contribution < 1.29 is 4.79 Å². The standard InChI is InChI=1S/C14H13N5OS/c1-10-17-11(9-21-10)7-14(20)18-12-8-15-5-3-13(12)19-6-2-4-16-19/h2-6,8-9H,7H2,1H3,(H,18,20). The van der Waals surface area contributed by atoms with Crippen LogP contribution in [0.5, 0.6) is 0 Å². The molecule has 1 amide bonds. The van der Waals surface area contributed by atoms with Crippen molar-refractivity contribution in [3.05, 3.63) is 53.0 Å². The van der Waals surface area contributed by atoms with Crippen molar-refractivity contribution in [3.63, 3.8) is 0 Å². The molecule has 0 aliphatic rings. The zero-order chi connectivity index (χ0) is 14.7. The molecule has 0 saturated carbocycles. The van der Waals surface area contributed by atoms with Crippen molar-refractivity contribution >= 4 is 22.9 Å². The number of aryl methyl sites for hydroxylation is 1. The van der Waals surface area contributed by atoms with Crippen molar-refractivity contribution in [3.8, 4) is 5.69 Å². The molecule has 106 valence electrons. The van der Waals surface area contributed by atoms with Crippen LogP contribution in [0.3, 0.4) is 0 Å². The molecule has 3 heterocycles. The van der Waals surface area contributed by atoms with Gasteiger partial charge < -0.3 is 5.32 Å². The molecule has 0 spiro atoms. The Kier molecular flexibility index (Phi) is 3.74. The van der Waals surface area contributed by atoms with E-state index in [1.54, 1.807) is 29.3 Å². The summed E-state index contributed by atoms with van der Waals surface area (Å²) >= 11 is 1.54. The smallest absolute Gasteiger partial charge is 0.230 e. The third-order valence-electron chi connectivity index (χ3n) is 2.83. The predicted octanol–water partition coefficient (Wildman–Crippen LogP) is 2.21. The van der Waals surface area contributed by atoms with Gasteiger partial charge in [-0.25, -0.2) is 9.67 Å². The molecule has 3 rings (SSSR count). The largest absolute Gasteiger partial charge is 0.323 e. The van der Waals surface area contributed by atoms with Gasteiger partial charge in [-0.3, -0.25) is 9.78 Å². The second kappa shape index (κ2) is 5.84. The molecule has 0 fully saturated rings. The molecule has 21 heavy (non-hydrogen) atoms. The number of amides is 1. The van der Waals surface area contributed by atoms with Crippen LogP contribution in [0.25, 0.3) is 5.69 Å². The van der Waals surface area contributed by atoms with E-state index in [2.05, 4.69) is 20.4 Å². The Morgan fingerprint density at radius 3 is 3.05 bits per heavy atom. The molecule has 0 radical (unpaired) electrons. The lowest BCUT2D eigenvalue weighted by Crippen LogP contribution is -2.16. The van der Waals surface area contributed by atoms with Gasteiger partial charge in [0.05, 0.1) is 34.7 Å². The fourth-order valence-corrected chi connectivity index (χ4v) is 2.56. The number of nitrogens with zero attached hydrogens (tertiary/aromatic N) is 4. The maximum atomic E-state index is 12.1. The van der Waals surface area contributed by atoms with Gasteiger partial charge in [-0.15, -0.1) is 11.3 Å². The molecule has 0 saturated heterocycles. The molecule has 3 aromatic rings. The summed E-state index contributed by atoms with van der Waals surface area (Å²) < 4.78 is 1.68. The highest BCUT2D eigenvalue weighted by atomic mass is 32.1. The van der Waals surface area contributed by atoms with E-state index in [9.17, 15) is 4.79 Å². The molecule has 3 aromatic heterocycles. The van der Waals surface area contributed by atoms with Crippen LogP contribution in [0.2, 0.25) is 0 Å². The fraction of sp³-hybridized carbons (Fsp3) is 0.143. The van der Waals surface area contributed by atoms with E-state index >= 15 is 0 Å². The summed E-state index contributed by atoms with van der Waals surface area (Å²) in [6, 6.07) is 3.62. The van der Waals surface area contributed by atoms with Crippen LogP contribution in [-0.2, 0) is 11.2 Å². The summed E-state index contributed by atoms with van der Waals surface area (Å²) in [5.74, 6) is -0.123. The monoisotopic (exact) mass is 299 g/mol. The number of anilines is 1. The number of aromatic nitrogens is 4. The lowest BCUT2D eigenvalue weighted by molar-refractivity contribution is -0.115. The number of thiazole rings is 1. The number of hydrogen-bond donors (Lipinski definition) is 1. The average molecular weight is 299 g/mol. The minimum absolute atomic E-state index is 0.123. The van der Waals surface area contributed by atoms with E-state index < -0.39 is 0 Å². The van der Waals surface area contributed by atoms with E-state index in [1.165, 1.54) is 11.3 Å². The Bertz CT molecular complexity index is 750. The molecular formula is C14H13N5OS. The molecule has 7 heteroatoms. The molecule has 1 N–H and O–H groups in total. The predicted molar refractivity (Wildman–Crippen MR) is 80.5 cm³/mol. The van der Waals surface area contributed by atoms with Crippen LogP contribution < -0.4 is 5.32 Å². The van der Waals surface area contributed by atoms with Gasteiger partial charge >= 0.3 is 0 Å². The third kappa shape index (κ3) is 3.14. The van der Waals surface area contributed by atoms with Crippen LogP contribution in [0.15, 0.2) is 42.3 Å². The minimum Gasteiger partial charge on any atom is -0.323 e. The molecule has 0 bridgehead atoms. The molecule has 0 atom stereocenters. The van der Waals surface area contributed by atoms with Crippen LogP contribution in [0, 0.1) is 6.92 Å². The number of carbonyl (C=O) groups is 1. The van der Waals surface area contributed by atoms with Gasteiger partial charge in [0.2, 0.25) is 5.91 Å². The Morgan fingerprint density at radius 1 is 1.43 bits per heavy atom. The second-order valence-electron chi connectivity index (χ2n) is 4.43. The molecular weight excluding hydrogens is 286 g/mol. The maximum Gasteiger partial charge on any atom is 0.230 e. The van der Waals surface area contributed by atoms with Crippen molar-refractivity contribution in [1.29, 1.82) is 0 Å². The highest BCUT2D eigenvalue weighted by Gasteiger charge is 2.10. The summed E-state index contributed by atoms with van der Waals surface area (Å²) in [5, 5.41) is 9.88. The molecule has 0 aliphatic heterocycles. The van der Waals surface area contributed by atoms with Crippen LogP contribution in [-0.4, -0.2) is 25.7 Å². The third-order valence-corrected chi connectivity index (χ3v) is 3.65. The second-order valence-corrected chi connectivity index (χ2v) is 5.49. The quantitative estimate of drug-likeness (QED) is 0.801. The first kappa shape index (κ1) is 13.4. The zero-order valence-corrected chi connectivity index (χ0v) is 12.2. The maximum absolute atomic E-state index is 12.1. The van der Waals surface area contributed by atoms with Crippen LogP contribution in [0.4, 0.5) is 5.69 Å². The van der Waals surface area contributed by atoms with E-state index in [0.717, 1.165) is 16.4 Å². The van der Waals surface area contributed by atoms with Gasteiger partial charge in [-0.05, 0) is 19.1 Å². The van der Waals surface area contributed by atoms with Gasteiger partial charge in [0.25, 0.3) is 0 Å². The molecule has 0 aliphatic carbocycles. The summed E-state index contributed by atoms with van der Waals surface area (Å²) in [5.41, 5.74) is 2.18. The Balaban J connectivity index is 1.77. The van der Waals surface area contributed by atoms with Gasteiger partial charge in [0.1, 0.15) is 0 Å². The number of rotatable bonds is 4. The van der Waals surface area contributed by atoms with E-state index in [-0.39, 0.29) is 12.3 Å². The topological polar surface area (TPSA) is 72.7 Å². The molecule has 0 aromatic carbocycles. The average Bonchev–Trinajstić information content (AvgIpc) is 3.11. The Labute approximate surface area is 125 Å². The van der Waals surface area contributed by atoms with Gasteiger partial charge in [0, 0.05) is 24.0 Å². The number of hydrogen-bond acceptors (Lipinski definition) is 5. The van der Waals surface area contributed by atoms with Crippen molar-refractivity contribution in [2.24, 2.45) is 0 Å². The SMILES string of the molecule is Cc1nc(CC(=O)Nc2cnccc2-n2cccn2)cs1. The molecule has 0 unspecified atom stereocenters. The highest BCUT2D eigenvalue weighted by Crippen LogP contribution is 2.18. The van der Waals surface area contributed by atoms with Crippen LogP contribution >= 0.6 is 11.3 Å². The van der Waals surface area contributed by atoms with Crippen molar-refractivity contribution in [1.82, 2.24) is 19.7 Å². The van der Waals surface area contributed by atoms with Crippen molar-refractivity contribution in [2.45, 2.75) is 13.3 Å². The summed E-state index contributed by atoms with van der Waals surface area (Å²) in [7, 11) is 0. The summed E-state index contributed by atoms with van der Waals surface area (Å²) in [6.07, 6.45) is 7.02. The first-order chi connectivity index (χ1) is 10.2. The van der Waals surface area contributed by atoms with E-state index in [4.69, 9.17) is 0 Å². The first-order valence-corrected chi connectivity index (χ1v) is 7.25. The number of nitrogens with one attached hydrogen (secondary N) is 1. The van der Waals surface area contributed by atoms with Crippen molar-refractivity contribution in [2.75, 3.05) is 5.32 Å². The zero-order valence-electron chi connectivity index (χ0n) is 11.4. The van der Waals surface area contributed by atoms with E-state index in [0.29, 0.717) is 5.69 Å². The van der Waals surface area contributed by atoms with Gasteiger partial charge in [0.15, 0.2) is 0 Å². The normalized spacial score (nSPS) is 10.5. The lowest BCUT2D eigenvalue weighted by atomic mass is 10.3. The number of carbonyl (C=O) groups excluding carboxylic acids is 1. The Morgan fingerprint density at radius 2 is 2.33 bits per heavy atom. The summed E-state index contributed by atoms with van der Waals surface area (Å²) in [6.45, 7) is 1.92. The minimum atomic E-state index is -0.123. The fourth-order valence-electron chi connectivity index (χ4n) is 1.94. The van der Waals surface area contributed by atoms with Gasteiger partial charge in [-0.2, -0.15) is 5.10 Å². The number of pyridine rings is 1. The summed E-state index contributed by atoms with van der Waals surface area (Å²) in [4.78, 5) is 20.4. The van der Waals surface area contributed by atoms with Gasteiger partial charge in [-0.1, -0.05) is 0 Å². The first-order valence-electron chi connectivity index (χ1n) is 6.37. The van der Waals surface area contributed by atoms with E-state index in [1.807, 2.05) is 24.6 Å².